The summed E-state index contributed by atoms with van der Waals surface area (Å²) in [7, 11) is 0. The lowest BCUT2D eigenvalue weighted by atomic mass is 10.1. The Labute approximate surface area is 132 Å². The molecule has 0 aromatic carbocycles. The molecule has 3 aromatic heterocycles. The lowest BCUT2D eigenvalue weighted by Crippen LogP contribution is -2.24. The molecule has 0 saturated carbocycles. The third-order valence-corrected chi connectivity index (χ3v) is 3.95. The summed E-state index contributed by atoms with van der Waals surface area (Å²) in [6.07, 6.45) is 5.69. The first-order valence-corrected chi connectivity index (χ1v) is 7.88. The van der Waals surface area contributed by atoms with E-state index in [1.807, 2.05) is 41.1 Å². The van der Waals surface area contributed by atoms with Gasteiger partial charge in [-0.25, -0.2) is 0 Å². The Hall–Kier alpha value is -2.53. The molecule has 0 aliphatic rings. The summed E-state index contributed by atoms with van der Waals surface area (Å²) in [4.78, 5) is 20.4. The average molecular weight is 309 g/mol. The van der Waals surface area contributed by atoms with E-state index in [-0.39, 0.29) is 5.91 Å². The molecule has 0 fully saturated rings. The van der Waals surface area contributed by atoms with Crippen LogP contribution in [0, 0.1) is 0 Å². The number of hydrogen-bond donors (Lipinski definition) is 1. The van der Waals surface area contributed by atoms with Crippen molar-refractivity contribution in [2.45, 2.75) is 13.0 Å². The van der Waals surface area contributed by atoms with Gasteiger partial charge in [0.1, 0.15) is 0 Å². The summed E-state index contributed by atoms with van der Waals surface area (Å²) in [6, 6.07) is 9.70. The lowest BCUT2D eigenvalue weighted by Gasteiger charge is -2.06. The van der Waals surface area contributed by atoms with Gasteiger partial charge in [0.2, 0.25) is 5.91 Å². The van der Waals surface area contributed by atoms with Crippen LogP contribution >= 0.6 is 11.3 Å². The molecule has 0 aliphatic heterocycles. The number of nitrogens with one attached hydrogen (secondary N) is 1. The first-order valence-electron chi connectivity index (χ1n) is 6.94. The zero-order chi connectivity index (χ0) is 15.2. The van der Waals surface area contributed by atoms with E-state index in [2.05, 4.69) is 15.3 Å². The fourth-order valence-electron chi connectivity index (χ4n) is 2.10. The van der Waals surface area contributed by atoms with Gasteiger partial charge >= 0.3 is 0 Å². The molecule has 0 unspecified atom stereocenters. The highest BCUT2D eigenvalue weighted by Gasteiger charge is 2.05. The molecule has 0 atom stereocenters. The van der Waals surface area contributed by atoms with Crippen molar-refractivity contribution in [1.82, 2.24) is 15.3 Å². The molecule has 5 heteroatoms. The Kier molecular flexibility index (Phi) is 4.56. The van der Waals surface area contributed by atoms with E-state index in [1.165, 1.54) is 0 Å². The zero-order valence-corrected chi connectivity index (χ0v) is 12.7. The summed E-state index contributed by atoms with van der Waals surface area (Å²) in [6.45, 7) is 0.499. The van der Waals surface area contributed by atoms with Gasteiger partial charge in [-0.1, -0.05) is 0 Å². The van der Waals surface area contributed by atoms with Crippen molar-refractivity contribution in [3.8, 4) is 11.3 Å². The molecule has 0 spiro atoms. The molecule has 4 nitrogen and oxygen atoms in total. The summed E-state index contributed by atoms with van der Waals surface area (Å²) < 4.78 is 0. The minimum Gasteiger partial charge on any atom is -0.352 e. The highest BCUT2D eigenvalue weighted by molar-refractivity contribution is 7.07. The van der Waals surface area contributed by atoms with Crippen LogP contribution in [0.25, 0.3) is 11.3 Å². The van der Waals surface area contributed by atoms with Gasteiger partial charge in [-0.05, 0) is 52.2 Å². The SMILES string of the molecule is O=C(Cc1ccsc1)NCc1ccnc(-c2cccnc2)c1. The van der Waals surface area contributed by atoms with Crippen LogP contribution in [0.5, 0.6) is 0 Å². The maximum Gasteiger partial charge on any atom is 0.224 e. The second-order valence-corrected chi connectivity index (χ2v) is 5.66. The largest absolute Gasteiger partial charge is 0.352 e. The number of amides is 1. The molecule has 0 saturated heterocycles. The molecule has 0 aliphatic carbocycles. The summed E-state index contributed by atoms with van der Waals surface area (Å²) in [5, 5.41) is 6.91. The monoisotopic (exact) mass is 309 g/mol. The molecule has 3 heterocycles. The summed E-state index contributed by atoms with van der Waals surface area (Å²) in [5.41, 5.74) is 3.90. The molecule has 0 bridgehead atoms. The number of nitrogens with zero attached hydrogens (tertiary/aromatic N) is 2. The highest BCUT2D eigenvalue weighted by atomic mass is 32.1. The third-order valence-electron chi connectivity index (χ3n) is 3.22. The number of carbonyl (C=O) groups is 1. The molecule has 1 amide bonds. The molecule has 0 radical (unpaired) electrons. The molecule has 1 N–H and O–H groups in total. The second kappa shape index (κ2) is 6.95. The molecular formula is C17H15N3OS. The van der Waals surface area contributed by atoms with Crippen LogP contribution in [0.1, 0.15) is 11.1 Å². The van der Waals surface area contributed by atoms with Crippen molar-refractivity contribution in [1.29, 1.82) is 0 Å². The highest BCUT2D eigenvalue weighted by Crippen LogP contribution is 2.16. The van der Waals surface area contributed by atoms with Gasteiger partial charge in [0.05, 0.1) is 12.1 Å². The van der Waals surface area contributed by atoms with Crippen LogP contribution in [-0.2, 0) is 17.8 Å². The van der Waals surface area contributed by atoms with Crippen molar-refractivity contribution in [2.75, 3.05) is 0 Å². The van der Waals surface area contributed by atoms with Crippen molar-refractivity contribution >= 4 is 17.2 Å². The first kappa shape index (κ1) is 14.4. The Morgan fingerprint density at radius 1 is 1.18 bits per heavy atom. The Morgan fingerprint density at radius 2 is 2.14 bits per heavy atom. The summed E-state index contributed by atoms with van der Waals surface area (Å²) >= 11 is 1.60. The van der Waals surface area contributed by atoms with E-state index in [1.54, 1.807) is 29.9 Å². The fourth-order valence-corrected chi connectivity index (χ4v) is 2.77. The average Bonchev–Trinajstić information content (AvgIpc) is 3.07. The van der Waals surface area contributed by atoms with E-state index in [9.17, 15) is 4.79 Å². The Morgan fingerprint density at radius 3 is 2.91 bits per heavy atom. The van der Waals surface area contributed by atoms with Gasteiger partial charge < -0.3 is 5.32 Å². The van der Waals surface area contributed by atoms with E-state index < -0.39 is 0 Å². The Bertz CT molecular complexity index is 742. The van der Waals surface area contributed by atoms with E-state index in [4.69, 9.17) is 0 Å². The van der Waals surface area contributed by atoms with Crippen LogP contribution in [0.15, 0.2) is 59.7 Å². The van der Waals surface area contributed by atoms with Crippen molar-refractivity contribution in [3.05, 3.63) is 70.8 Å². The number of rotatable bonds is 5. The quantitative estimate of drug-likeness (QED) is 0.788. The van der Waals surface area contributed by atoms with Crippen LogP contribution in [0.4, 0.5) is 0 Å². The number of aromatic nitrogens is 2. The van der Waals surface area contributed by atoms with E-state index in [0.29, 0.717) is 13.0 Å². The number of hydrogen-bond acceptors (Lipinski definition) is 4. The van der Waals surface area contributed by atoms with Crippen molar-refractivity contribution < 1.29 is 4.79 Å². The van der Waals surface area contributed by atoms with Gasteiger partial charge in [0, 0.05) is 30.7 Å². The van der Waals surface area contributed by atoms with Crippen LogP contribution in [0.2, 0.25) is 0 Å². The zero-order valence-electron chi connectivity index (χ0n) is 11.9. The van der Waals surface area contributed by atoms with Crippen LogP contribution in [0.3, 0.4) is 0 Å². The predicted octanol–water partition coefficient (Wildman–Crippen LogP) is 3.06. The van der Waals surface area contributed by atoms with Crippen molar-refractivity contribution in [2.24, 2.45) is 0 Å². The molecule has 22 heavy (non-hydrogen) atoms. The molecular weight excluding hydrogens is 294 g/mol. The molecule has 110 valence electrons. The normalized spacial score (nSPS) is 10.4. The summed E-state index contributed by atoms with van der Waals surface area (Å²) in [5.74, 6) is 0.0261. The molecule has 3 aromatic rings. The number of thiophene rings is 1. The topological polar surface area (TPSA) is 54.9 Å². The smallest absolute Gasteiger partial charge is 0.224 e. The van der Waals surface area contributed by atoms with E-state index >= 15 is 0 Å². The number of pyridine rings is 2. The van der Waals surface area contributed by atoms with Gasteiger partial charge in [-0.2, -0.15) is 11.3 Å². The van der Waals surface area contributed by atoms with Crippen LogP contribution in [-0.4, -0.2) is 15.9 Å². The standard InChI is InChI=1S/C17H15N3OS/c21-17(9-14-4-7-22-12-14)20-10-13-3-6-19-16(8-13)15-2-1-5-18-11-15/h1-8,11-12H,9-10H2,(H,20,21). The number of carbonyl (C=O) groups excluding carboxylic acids is 1. The Balaban J connectivity index is 1.62. The maximum atomic E-state index is 11.9. The maximum absolute atomic E-state index is 11.9. The first-order chi connectivity index (χ1) is 10.8. The fraction of sp³-hybridized carbons (Fsp3) is 0.118. The van der Waals surface area contributed by atoms with Crippen molar-refractivity contribution in [3.63, 3.8) is 0 Å². The third kappa shape index (κ3) is 3.77. The van der Waals surface area contributed by atoms with Gasteiger partial charge in [0.25, 0.3) is 0 Å². The minimum absolute atomic E-state index is 0.0261. The predicted molar refractivity (Wildman–Crippen MR) is 87.3 cm³/mol. The molecule has 3 rings (SSSR count). The van der Waals surface area contributed by atoms with Gasteiger partial charge in [0.15, 0.2) is 0 Å². The van der Waals surface area contributed by atoms with E-state index in [0.717, 1.165) is 22.4 Å². The van der Waals surface area contributed by atoms with Gasteiger partial charge in [-0.3, -0.25) is 14.8 Å². The van der Waals surface area contributed by atoms with Gasteiger partial charge in [-0.15, -0.1) is 0 Å². The van der Waals surface area contributed by atoms with Crippen LogP contribution < -0.4 is 5.32 Å². The second-order valence-electron chi connectivity index (χ2n) is 4.88. The lowest BCUT2D eigenvalue weighted by molar-refractivity contribution is -0.120. The minimum atomic E-state index is 0.0261.